The van der Waals surface area contributed by atoms with Crippen molar-refractivity contribution in [2.24, 2.45) is 0 Å². The maximum atomic E-state index is 12.1. The van der Waals surface area contributed by atoms with Crippen molar-refractivity contribution < 1.29 is 13.9 Å². The Hall–Kier alpha value is -2.27. The zero-order valence-corrected chi connectivity index (χ0v) is 14.5. The third-order valence-corrected chi connectivity index (χ3v) is 4.54. The van der Waals surface area contributed by atoms with Gasteiger partial charge in [0.1, 0.15) is 11.5 Å². The molecule has 0 spiro atoms. The van der Waals surface area contributed by atoms with Gasteiger partial charge in [0.25, 0.3) is 0 Å². The summed E-state index contributed by atoms with van der Waals surface area (Å²) < 4.78 is 11.2. The van der Waals surface area contributed by atoms with Crippen LogP contribution in [0.4, 0.5) is 0 Å². The minimum atomic E-state index is 0.00416. The highest BCUT2D eigenvalue weighted by Crippen LogP contribution is 2.24. The van der Waals surface area contributed by atoms with Crippen LogP contribution in [0.25, 0.3) is 0 Å². The van der Waals surface area contributed by atoms with E-state index < -0.39 is 0 Å². The second-order valence-electron chi connectivity index (χ2n) is 6.34. The molecule has 2 heterocycles. The van der Waals surface area contributed by atoms with Crippen LogP contribution in [0, 0.1) is 0 Å². The van der Waals surface area contributed by atoms with E-state index in [4.69, 9.17) is 9.15 Å². The summed E-state index contributed by atoms with van der Waals surface area (Å²) in [6.45, 7) is 3.05. The standard InChI is InChI=1S/C20H26N2O3/c23-20(11-15-24-17-8-3-1-4-9-17)21-16-18(19-10-7-14-25-19)22-12-5-2-6-13-22/h1,3-4,7-10,14,18H,2,5-6,11-13,15-16H2,(H,21,23)/t18-/m0/s1. The van der Waals surface area contributed by atoms with Gasteiger partial charge in [0, 0.05) is 6.54 Å². The van der Waals surface area contributed by atoms with Crippen LogP contribution in [-0.4, -0.2) is 37.0 Å². The third-order valence-electron chi connectivity index (χ3n) is 4.54. The number of nitrogens with one attached hydrogen (secondary N) is 1. The van der Waals surface area contributed by atoms with Gasteiger partial charge in [-0.05, 0) is 50.2 Å². The predicted molar refractivity (Wildman–Crippen MR) is 96.4 cm³/mol. The van der Waals surface area contributed by atoms with E-state index in [1.807, 2.05) is 42.5 Å². The minimum Gasteiger partial charge on any atom is -0.493 e. The number of benzene rings is 1. The lowest BCUT2D eigenvalue weighted by Crippen LogP contribution is -2.40. The number of hydrogen-bond acceptors (Lipinski definition) is 4. The Labute approximate surface area is 149 Å². The van der Waals surface area contributed by atoms with E-state index in [-0.39, 0.29) is 11.9 Å². The summed E-state index contributed by atoms with van der Waals surface area (Å²) in [6, 6.07) is 13.6. The van der Waals surface area contributed by atoms with Gasteiger partial charge in [-0.3, -0.25) is 9.69 Å². The number of nitrogens with zero attached hydrogens (tertiary/aromatic N) is 1. The smallest absolute Gasteiger partial charge is 0.223 e. The molecule has 1 N–H and O–H groups in total. The molecular formula is C20H26N2O3. The molecule has 1 amide bonds. The van der Waals surface area contributed by atoms with E-state index in [1.54, 1.807) is 6.26 Å². The van der Waals surface area contributed by atoms with Gasteiger partial charge in [-0.15, -0.1) is 0 Å². The van der Waals surface area contributed by atoms with Gasteiger partial charge in [0.15, 0.2) is 0 Å². The molecule has 1 aliphatic rings. The molecule has 1 saturated heterocycles. The van der Waals surface area contributed by atoms with Crippen molar-refractivity contribution in [1.82, 2.24) is 10.2 Å². The number of amides is 1. The summed E-state index contributed by atoms with van der Waals surface area (Å²) >= 11 is 0. The molecule has 0 bridgehead atoms. The lowest BCUT2D eigenvalue weighted by atomic mass is 10.1. The van der Waals surface area contributed by atoms with Crippen LogP contribution < -0.4 is 10.1 Å². The number of ether oxygens (including phenoxy) is 1. The molecule has 1 aliphatic heterocycles. The van der Waals surface area contributed by atoms with Crippen LogP contribution in [0.3, 0.4) is 0 Å². The molecule has 0 radical (unpaired) electrons. The quantitative estimate of drug-likeness (QED) is 0.799. The lowest BCUT2D eigenvalue weighted by Gasteiger charge is -2.33. The number of hydrogen-bond donors (Lipinski definition) is 1. The Balaban J connectivity index is 1.46. The maximum Gasteiger partial charge on any atom is 0.223 e. The molecule has 1 aromatic heterocycles. The summed E-state index contributed by atoms with van der Waals surface area (Å²) in [4.78, 5) is 14.6. The number of carbonyl (C=O) groups is 1. The van der Waals surface area contributed by atoms with Gasteiger partial charge in [0.05, 0.1) is 25.3 Å². The second kappa shape index (κ2) is 9.28. The largest absolute Gasteiger partial charge is 0.493 e. The molecule has 25 heavy (non-hydrogen) atoms. The normalized spacial score (nSPS) is 16.3. The first-order valence-electron chi connectivity index (χ1n) is 9.05. The van der Waals surface area contributed by atoms with Gasteiger partial charge in [0.2, 0.25) is 5.91 Å². The van der Waals surface area contributed by atoms with Crippen molar-refractivity contribution in [2.75, 3.05) is 26.2 Å². The van der Waals surface area contributed by atoms with E-state index in [9.17, 15) is 4.79 Å². The van der Waals surface area contributed by atoms with Gasteiger partial charge in [-0.25, -0.2) is 0 Å². The summed E-state index contributed by atoms with van der Waals surface area (Å²) in [5.41, 5.74) is 0. The zero-order valence-electron chi connectivity index (χ0n) is 14.5. The fourth-order valence-corrected chi connectivity index (χ4v) is 3.20. The molecule has 5 heteroatoms. The van der Waals surface area contributed by atoms with Crippen LogP contribution in [0.2, 0.25) is 0 Å². The highest BCUT2D eigenvalue weighted by atomic mass is 16.5. The molecular weight excluding hydrogens is 316 g/mol. The molecule has 5 nitrogen and oxygen atoms in total. The number of furan rings is 1. The Morgan fingerprint density at radius 2 is 1.92 bits per heavy atom. The van der Waals surface area contributed by atoms with E-state index >= 15 is 0 Å². The Morgan fingerprint density at radius 3 is 2.64 bits per heavy atom. The van der Waals surface area contributed by atoms with Gasteiger partial charge in [-0.2, -0.15) is 0 Å². The third kappa shape index (κ3) is 5.36. The number of para-hydroxylation sites is 1. The van der Waals surface area contributed by atoms with E-state index in [0.29, 0.717) is 19.6 Å². The van der Waals surface area contributed by atoms with Crippen LogP contribution in [0.5, 0.6) is 5.75 Å². The van der Waals surface area contributed by atoms with Crippen molar-refractivity contribution >= 4 is 5.91 Å². The van der Waals surface area contributed by atoms with Crippen LogP contribution in [0.15, 0.2) is 53.1 Å². The molecule has 1 aromatic carbocycles. The molecule has 134 valence electrons. The maximum absolute atomic E-state index is 12.1. The zero-order chi connectivity index (χ0) is 17.3. The minimum absolute atomic E-state index is 0.00416. The monoisotopic (exact) mass is 342 g/mol. The Morgan fingerprint density at radius 1 is 1.12 bits per heavy atom. The summed E-state index contributed by atoms with van der Waals surface area (Å²) in [5.74, 6) is 1.71. The van der Waals surface area contributed by atoms with Crippen molar-refractivity contribution in [3.63, 3.8) is 0 Å². The fourth-order valence-electron chi connectivity index (χ4n) is 3.20. The average Bonchev–Trinajstić information content (AvgIpc) is 3.18. The molecule has 0 aliphatic carbocycles. The van der Waals surface area contributed by atoms with Crippen molar-refractivity contribution in [1.29, 1.82) is 0 Å². The van der Waals surface area contributed by atoms with Gasteiger partial charge < -0.3 is 14.5 Å². The fraction of sp³-hybridized carbons (Fsp3) is 0.450. The number of carbonyl (C=O) groups excluding carboxylic acids is 1. The second-order valence-corrected chi connectivity index (χ2v) is 6.34. The molecule has 1 fully saturated rings. The number of piperidine rings is 1. The molecule has 1 atom stereocenters. The van der Waals surface area contributed by atoms with Gasteiger partial charge >= 0.3 is 0 Å². The van der Waals surface area contributed by atoms with Crippen LogP contribution in [0.1, 0.15) is 37.5 Å². The first-order chi connectivity index (χ1) is 12.3. The highest BCUT2D eigenvalue weighted by molar-refractivity contribution is 5.76. The molecule has 2 aromatic rings. The lowest BCUT2D eigenvalue weighted by molar-refractivity contribution is -0.121. The number of rotatable bonds is 8. The topological polar surface area (TPSA) is 54.7 Å². The average molecular weight is 342 g/mol. The summed E-state index contributed by atoms with van der Waals surface area (Å²) in [6.07, 6.45) is 5.73. The summed E-state index contributed by atoms with van der Waals surface area (Å²) in [5, 5.41) is 3.03. The summed E-state index contributed by atoms with van der Waals surface area (Å²) in [7, 11) is 0. The Kier molecular flexibility index (Phi) is 6.51. The van der Waals surface area contributed by atoms with Gasteiger partial charge in [-0.1, -0.05) is 24.6 Å². The van der Waals surface area contributed by atoms with Crippen LogP contribution >= 0.6 is 0 Å². The highest BCUT2D eigenvalue weighted by Gasteiger charge is 2.24. The molecule has 0 saturated carbocycles. The Bertz CT molecular complexity index is 622. The predicted octanol–water partition coefficient (Wildman–Crippen LogP) is 3.39. The van der Waals surface area contributed by atoms with Crippen LogP contribution in [-0.2, 0) is 4.79 Å². The first-order valence-corrected chi connectivity index (χ1v) is 9.05. The molecule has 3 rings (SSSR count). The van der Waals surface area contributed by atoms with Crippen molar-refractivity contribution in [3.05, 3.63) is 54.5 Å². The van der Waals surface area contributed by atoms with E-state index in [1.165, 1.54) is 19.3 Å². The van der Waals surface area contributed by atoms with Crippen molar-refractivity contribution in [3.8, 4) is 5.75 Å². The van der Waals surface area contributed by atoms with E-state index in [2.05, 4.69) is 10.2 Å². The van der Waals surface area contributed by atoms with Crippen molar-refractivity contribution in [2.45, 2.75) is 31.7 Å². The molecule has 0 unspecified atom stereocenters. The SMILES string of the molecule is O=C(CCOc1ccccc1)NC[C@@H](c1ccco1)N1CCCCC1. The first kappa shape index (κ1) is 17.5. The van der Waals surface area contributed by atoms with E-state index in [0.717, 1.165) is 24.6 Å². The number of likely N-dealkylation sites (tertiary alicyclic amines) is 1.